The maximum Gasteiger partial charge on any atom is 0.416 e. The van der Waals surface area contributed by atoms with E-state index in [0.29, 0.717) is 22.4 Å². The van der Waals surface area contributed by atoms with E-state index in [1.54, 1.807) is 25.1 Å². The van der Waals surface area contributed by atoms with Crippen LogP contribution in [0.3, 0.4) is 0 Å². The zero-order valence-electron chi connectivity index (χ0n) is 24.4. The number of rotatable bonds is 12. The molecule has 3 rings (SSSR count). The van der Waals surface area contributed by atoms with Crippen LogP contribution in [0.25, 0.3) is 0 Å². The number of hydrogen-bond donors (Lipinski definition) is 1. The third-order valence-corrected chi connectivity index (χ3v) is 9.11. The second-order valence-electron chi connectivity index (χ2n) is 10.2. The van der Waals surface area contributed by atoms with Crippen molar-refractivity contribution in [2.45, 2.75) is 70.2 Å². The lowest BCUT2D eigenvalue weighted by Crippen LogP contribution is -2.53. The van der Waals surface area contributed by atoms with Crippen LogP contribution in [-0.2, 0) is 32.3 Å². The summed E-state index contributed by atoms with van der Waals surface area (Å²) >= 11 is 6.29. The fraction of sp³-hybridized carbons (Fsp3) is 0.355. The number of carbonyl (C=O) groups is 2. The Labute approximate surface area is 255 Å². The van der Waals surface area contributed by atoms with E-state index in [0.717, 1.165) is 17.7 Å². The quantitative estimate of drug-likeness (QED) is 0.243. The molecule has 7 nitrogen and oxygen atoms in total. The molecule has 3 aromatic carbocycles. The molecule has 0 aliphatic heterocycles. The van der Waals surface area contributed by atoms with Crippen molar-refractivity contribution in [1.82, 2.24) is 10.2 Å². The van der Waals surface area contributed by atoms with Crippen molar-refractivity contribution >= 4 is 39.1 Å². The predicted molar refractivity (Wildman–Crippen MR) is 161 cm³/mol. The summed E-state index contributed by atoms with van der Waals surface area (Å²) in [6.07, 6.45) is -3.95. The smallest absolute Gasteiger partial charge is 0.352 e. The van der Waals surface area contributed by atoms with Crippen LogP contribution in [0.2, 0.25) is 5.02 Å². The minimum Gasteiger partial charge on any atom is -0.352 e. The maximum atomic E-state index is 14.1. The molecule has 2 atom stereocenters. The molecule has 0 unspecified atom stereocenters. The molecule has 12 heteroatoms. The first kappa shape index (κ1) is 33.9. The number of benzene rings is 3. The van der Waals surface area contributed by atoms with E-state index >= 15 is 0 Å². The van der Waals surface area contributed by atoms with E-state index in [-0.39, 0.29) is 28.9 Å². The minimum atomic E-state index is -4.80. The van der Waals surface area contributed by atoms with E-state index in [2.05, 4.69) is 5.32 Å². The molecular formula is C31H35ClF3N3O4S. The average Bonchev–Trinajstić information content (AvgIpc) is 2.96. The molecule has 0 saturated carbocycles. The van der Waals surface area contributed by atoms with Gasteiger partial charge in [-0.25, -0.2) is 8.42 Å². The van der Waals surface area contributed by atoms with E-state index in [9.17, 15) is 31.2 Å². The summed E-state index contributed by atoms with van der Waals surface area (Å²) in [6, 6.07) is 15.4. The number of carbonyl (C=O) groups excluding carboxylic acids is 2. The van der Waals surface area contributed by atoms with Gasteiger partial charge in [-0.1, -0.05) is 73.5 Å². The van der Waals surface area contributed by atoms with Gasteiger partial charge in [-0.2, -0.15) is 13.2 Å². The Bertz CT molecular complexity index is 1520. The highest BCUT2D eigenvalue weighted by atomic mass is 35.5. The highest BCUT2D eigenvalue weighted by molar-refractivity contribution is 7.92. The van der Waals surface area contributed by atoms with Gasteiger partial charge in [-0.05, 0) is 62.6 Å². The van der Waals surface area contributed by atoms with Gasteiger partial charge < -0.3 is 10.2 Å². The van der Waals surface area contributed by atoms with Crippen LogP contribution in [0.5, 0.6) is 0 Å². The lowest BCUT2D eigenvalue weighted by molar-refractivity contribution is -0.140. The minimum absolute atomic E-state index is 0.0406. The molecule has 3 aromatic rings. The van der Waals surface area contributed by atoms with E-state index in [1.807, 2.05) is 32.9 Å². The monoisotopic (exact) mass is 637 g/mol. The lowest BCUT2D eigenvalue weighted by atomic mass is 10.1. The summed E-state index contributed by atoms with van der Waals surface area (Å²) < 4.78 is 69.4. The van der Waals surface area contributed by atoms with Crippen molar-refractivity contribution < 1.29 is 31.2 Å². The molecule has 0 spiro atoms. The second-order valence-corrected chi connectivity index (χ2v) is 12.5. The molecule has 2 amide bonds. The Morgan fingerprint density at radius 2 is 1.58 bits per heavy atom. The number of hydrogen-bond acceptors (Lipinski definition) is 4. The van der Waals surface area contributed by atoms with E-state index in [1.165, 1.54) is 29.2 Å². The van der Waals surface area contributed by atoms with Crippen molar-refractivity contribution in [3.8, 4) is 0 Å². The summed E-state index contributed by atoms with van der Waals surface area (Å²) in [5, 5.41) is 2.58. The number of sulfonamides is 1. The Morgan fingerprint density at radius 3 is 2.14 bits per heavy atom. The number of amides is 2. The van der Waals surface area contributed by atoms with Crippen molar-refractivity contribution in [1.29, 1.82) is 0 Å². The van der Waals surface area contributed by atoms with Gasteiger partial charge in [0, 0.05) is 12.6 Å². The molecule has 0 bridgehead atoms. The van der Waals surface area contributed by atoms with Crippen LogP contribution < -0.4 is 9.62 Å². The summed E-state index contributed by atoms with van der Waals surface area (Å²) in [5.41, 5.74) is 0.00961. The number of alkyl halides is 3. The van der Waals surface area contributed by atoms with Gasteiger partial charge in [0.2, 0.25) is 11.8 Å². The molecule has 232 valence electrons. The van der Waals surface area contributed by atoms with Crippen LogP contribution in [0.1, 0.15) is 50.3 Å². The Balaban J connectivity index is 2.15. The molecule has 0 heterocycles. The fourth-order valence-electron chi connectivity index (χ4n) is 4.36. The van der Waals surface area contributed by atoms with Crippen molar-refractivity contribution in [2.24, 2.45) is 0 Å². The molecule has 0 saturated heterocycles. The lowest BCUT2D eigenvalue weighted by Gasteiger charge is -2.34. The summed E-state index contributed by atoms with van der Waals surface area (Å²) in [6.45, 7) is 6.38. The van der Waals surface area contributed by atoms with Gasteiger partial charge in [0.15, 0.2) is 0 Å². The number of nitrogens with one attached hydrogen (secondary N) is 1. The van der Waals surface area contributed by atoms with Crippen LogP contribution in [0, 0.1) is 6.92 Å². The third-order valence-electron chi connectivity index (χ3n) is 7.01. The number of anilines is 1. The summed E-state index contributed by atoms with van der Waals surface area (Å²) in [4.78, 5) is 28.5. The number of halogens is 4. The van der Waals surface area contributed by atoms with Crippen molar-refractivity contribution in [2.75, 3.05) is 10.8 Å². The second kappa shape index (κ2) is 14.3. The van der Waals surface area contributed by atoms with Gasteiger partial charge >= 0.3 is 6.18 Å². The highest BCUT2D eigenvalue weighted by Crippen LogP contribution is 2.37. The Hall–Kier alpha value is -3.57. The molecule has 0 aliphatic rings. The first-order chi connectivity index (χ1) is 20.2. The Kier molecular flexibility index (Phi) is 11.3. The Morgan fingerprint density at radius 1 is 0.953 bits per heavy atom. The van der Waals surface area contributed by atoms with E-state index in [4.69, 9.17) is 11.6 Å². The van der Waals surface area contributed by atoms with Crippen LogP contribution in [-0.4, -0.2) is 43.8 Å². The standard InChI is InChI=1S/C31H35ClF3N3O4S/c1-5-22(4)36-30(40)27(6-2)37(19-23-14-12-21(3)13-15-23)29(39)20-38(43(41,42)25-10-8-7-9-11-25)28-18-24(31(33,34)35)16-17-26(28)32/h7-18,22,27H,5-6,19-20H2,1-4H3,(H,36,40)/t22-,27-/m1/s1. The van der Waals surface area contributed by atoms with Crippen LogP contribution in [0.4, 0.5) is 18.9 Å². The maximum absolute atomic E-state index is 14.1. The van der Waals surface area contributed by atoms with Crippen LogP contribution in [0.15, 0.2) is 77.7 Å². The topological polar surface area (TPSA) is 86.8 Å². The zero-order valence-corrected chi connectivity index (χ0v) is 25.9. The molecule has 0 fully saturated rings. The number of aryl methyl sites for hydroxylation is 1. The molecule has 0 aromatic heterocycles. The van der Waals surface area contributed by atoms with Gasteiger partial charge in [-0.15, -0.1) is 0 Å². The largest absolute Gasteiger partial charge is 0.416 e. The van der Waals surface area contributed by atoms with Gasteiger partial charge in [-0.3, -0.25) is 13.9 Å². The summed E-state index contributed by atoms with van der Waals surface area (Å²) in [7, 11) is -4.59. The molecule has 43 heavy (non-hydrogen) atoms. The summed E-state index contributed by atoms with van der Waals surface area (Å²) in [5.74, 6) is -1.22. The predicted octanol–water partition coefficient (Wildman–Crippen LogP) is 6.58. The van der Waals surface area contributed by atoms with Gasteiger partial charge in [0.05, 0.1) is 21.2 Å². The zero-order chi connectivity index (χ0) is 31.9. The first-order valence-electron chi connectivity index (χ1n) is 13.8. The first-order valence-corrected chi connectivity index (χ1v) is 15.6. The van der Waals surface area contributed by atoms with Gasteiger partial charge in [0.25, 0.3) is 10.0 Å². The van der Waals surface area contributed by atoms with Crippen molar-refractivity contribution in [3.05, 3.63) is 94.5 Å². The highest BCUT2D eigenvalue weighted by Gasteiger charge is 2.37. The van der Waals surface area contributed by atoms with Crippen LogP contribution >= 0.6 is 11.6 Å². The third kappa shape index (κ3) is 8.51. The number of nitrogens with zero attached hydrogens (tertiary/aromatic N) is 2. The molecule has 0 aliphatic carbocycles. The molecule has 0 radical (unpaired) electrons. The molecular weight excluding hydrogens is 603 g/mol. The average molecular weight is 638 g/mol. The SMILES string of the molecule is CC[C@@H](C)NC(=O)[C@@H](CC)N(Cc1ccc(C)cc1)C(=O)CN(c1cc(C(F)(F)F)ccc1Cl)S(=O)(=O)c1ccccc1. The van der Waals surface area contributed by atoms with Gasteiger partial charge in [0.1, 0.15) is 12.6 Å². The van der Waals surface area contributed by atoms with Crippen molar-refractivity contribution in [3.63, 3.8) is 0 Å². The fourth-order valence-corrected chi connectivity index (χ4v) is 6.08. The van der Waals surface area contributed by atoms with E-state index < -0.39 is 51.9 Å². The normalized spacial score (nSPS) is 13.2. The molecule has 1 N–H and O–H groups in total.